The Bertz CT molecular complexity index is 957. The van der Waals surface area contributed by atoms with Crippen molar-refractivity contribution in [3.63, 3.8) is 0 Å². The fourth-order valence-corrected chi connectivity index (χ4v) is 3.40. The summed E-state index contributed by atoms with van der Waals surface area (Å²) >= 11 is 3.53. The van der Waals surface area contributed by atoms with Gasteiger partial charge in [0.2, 0.25) is 0 Å². The van der Waals surface area contributed by atoms with Crippen LogP contribution in [0.4, 0.5) is 5.69 Å². The van der Waals surface area contributed by atoms with E-state index in [1.807, 2.05) is 55.5 Å². The summed E-state index contributed by atoms with van der Waals surface area (Å²) in [5.74, 6) is 0.559. The monoisotopic (exact) mass is 411 g/mol. The molecule has 0 saturated heterocycles. The van der Waals surface area contributed by atoms with Crippen molar-refractivity contribution in [3.05, 3.63) is 58.7 Å². The van der Waals surface area contributed by atoms with Gasteiger partial charge >= 0.3 is 0 Å². The van der Waals surface area contributed by atoms with Gasteiger partial charge in [0.1, 0.15) is 11.4 Å². The standard InChI is InChI=1S/C20H18BrN3O2/c1-2-26-15-10-8-14(9-11-15)24(13-5-12-22)20(25)19-18(21)16-6-3-4-7-17(16)23-19/h3-4,6-11,23H,2,5,13H2,1H3. The van der Waals surface area contributed by atoms with Crippen molar-refractivity contribution in [3.8, 4) is 11.8 Å². The van der Waals surface area contributed by atoms with Crippen molar-refractivity contribution in [2.45, 2.75) is 13.3 Å². The lowest BCUT2D eigenvalue weighted by Crippen LogP contribution is -2.32. The van der Waals surface area contributed by atoms with Crippen LogP contribution >= 0.6 is 15.9 Å². The second-order valence-corrected chi connectivity index (χ2v) is 6.44. The van der Waals surface area contributed by atoms with E-state index >= 15 is 0 Å². The molecule has 0 aliphatic carbocycles. The summed E-state index contributed by atoms with van der Waals surface area (Å²) in [5, 5.41) is 9.92. The number of carbonyl (C=O) groups is 1. The average Bonchev–Trinajstić information content (AvgIpc) is 3.00. The number of rotatable bonds is 6. The molecule has 0 atom stereocenters. The van der Waals surface area contributed by atoms with Crippen LogP contribution in [0.5, 0.6) is 5.75 Å². The molecule has 26 heavy (non-hydrogen) atoms. The molecule has 0 fully saturated rings. The molecule has 6 heteroatoms. The molecule has 1 aromatic heterocycles. The zero-order chi connectivity index (χ0) is 18.5. The number of benzene rings is 2. The van der Waals surface area contributed by atoms with Crippen LogP contribution < -0.4 is 9.64 Å². The third-order valence-electron chi connectivity index (χ3n) is 4.01. The molecule has 1 amide bonds. The van der Waals surface area contributed by atoms with Crippen LogP contribution in [-0.4, -0.2) is 24.0 Å². The number of nitriles is 1. The number of fused-ring (bicyclic) bond motifs is 1. The highest BCUT2D eigenvalue weighted by Crippen LogP contribution is 2.30. The zero-order valence-corrected chi connectivity index (χ0v) is 15.9. The van der Waals surface area contributed by atoms with Crippen molar-refractivity contribution in [2.75, 3.05) is 18.1 Å². The molecule has 3 aromatic rings. The van der Waals surface area contributed by atoms with Crippen LogP contribution in [0.25, 0.3) is 10.9 Å². The first-order valence-electron chi connectivity index (χ1n) is 8.33. The molecule has 0 bridgehead atoms. The van der Waals surface area contributed by atoms with Crippen LogP contribution in [0.3, 0.4) is 0 Å². The highest BCUT2D eigenvalue weighted by molar-refractivity contribution is 9.10. The second kappa shape index (κ2) is 8.07. The minimum absolute atomic E-state index is 0.188. The Morgan fingerprint density at radius 1 is 1.23 bits per heavy atom. The summed E-state index contributed by atoms with van der Waals surface area (Å²) in [6.45, 7) is 2.81. The van der Waals surface area contributed by atoms with E-state index in [-0.39, 0.29) is 12.3 Å². The number of hydrogen-bond donors (Lipinski definition) is 1. The maximum absolute atomic E-state index is 13.2. The fourth-order valence-electron chi connectivity index (χ4n) is 2.79. The van der Waals surface area contributed by atoms with Gasteiger partial charge in [-0.3, -0.25) is 4.79 Å². The van der Waals surface area contributed by atoms with Gasteiger partial charge in [0.25, 0.3) is 5.91 Å². The molecule has 0 aliphatic rings. The van der Waals surface area contributed by atoms with E-state index in [2.05, 4.69) is 27.0 Å². The Labute approximate surface area is 160 Å². The van der Waals surface area contributed by atoms with E-state index in [0.29, 0.717) is 18.8 Å². The number of aromatic nitrogens is 1. The van der Waals surface area contributed by atoms with Crippen molar-refractivity contribution in [1.82, 2.24) is 4.98 Å². The Kier molecular flexibility index (Phi) is 5.59. The number of H-pyrrole nitrogens is 1. The minimum Gasteiger partial charge on any atom is -0.494 e. The molecular weight excluding hydrogens is 394 g/mol. The lowest BCUT2D eigenvalue weighted by molar-refractivity contribution is 0.0982. The van der Waals surface area contributed by atoms with E-state index in [9.17, 15) is 4.79 Å². The summed E-state index contributed by atoms with van der Waals surface area (Å²) in [4.78, 5) is 18.0. The zero-order valence-electron chi connectivity index (χ0n) is 14.3. The Morgan fingerprint density at radius 3 is 2.62 bits per heavy atom. The van der Waals surface area contributed by atoms with Crippen LogP contribution in [0.2, 0.25) is 0 Å². The first kappa shape index (κ1) is 18.0. The van der Waals surface area contributed by atoms with E-state index < -0.39 is 0 Å². The number of aromatic amines is 1. The first-order chi connectivity index (χ1) is 12.7. The average molecular weight is 412 g/mol. The second-order valence-electron chi connectivity index (χ2n) is 5.65. The summed E-state index contributed by atoms with van der Waals surface area (Å²) in [7, 11) is 0. The number of ether oxygens (including phenoxy) is 1. The Morgan fingerprint density at radius 2 is 1.96 bits per heavy atom. The summed E-state index contributed by atoms with van der Waals surface area (Å²) in [6.07, 6.45) is 0.247. The summed E-state index contributed by atoms with van der Waals surface area (Å²) in [6, 6.07) is 17.1. The summed E-state index contributed by atoms with van der Waals surface area (Å²) < 4.78 is 6.18. The summed E-state index contributed by atoms with van der Waals surface area (Å²) in [5.41, 5.74) is 2.08. The highest BCUT2D eigenvalue weighted by atomic mass is 79.9. The van der Waals surface area contributed by atoms with Gasteiger partial charge in [-0.1, -0.05) is 18.2 Å². The molecule has 1 heterocycles. The number of carbonyl (C=O) groups excluding carboxylic acids is 1. The number of nitrogens with one attached hydrogen (secondary N) is 1. The van der Waals surface area contributed by atoms with Gasteiger partial charge in [-0.05, 0) is 53.2 Å². The molecule has 2 aromatic carbocycles. The van der Waals surface area contributed by atoms with Crippen LogP contribution in [0.15, 0.2) is 53.0 Å². The third kappa shape index (κ3) is 3.58. The van der Waals surface area contributed by atoms with Crippen LogP contribution in [-0.2, 0) is 0 Å². The van der Waals surface area contributed by atoms with Crippen molar-refractivity contribution >= 4 is 38.4 Å². The predicted molar refractivity (Wildman–Crippen MR) is 106 cm³/mol. The van der Waals surface area contributed by atoms with Gasteiger partial charge in [-0.2, -0.15) is 5.26 Å². The maximum Gasteiger partial charge on any atom is 0.275 e. The van der Waals surface area contributed by atoms with E-state index in [0.717, 1.165) is 26.8 Å². The van der Waals surface area contributed by atoms with Crippen molar-refractivity contribution in [2.24, 2.45) is 0 Å². The minimum atomic E-state index is -0.188. The van der Waals surface area contributed by atoms with Crippen molar-refractivity contribution in [1.29, 1.82) is 5.26 Å². The largest absolute Gasteiger partial charge is 0.494 e. The number of amides is 1. The number of nitrogens with zero attached hydrogens (tertiary/aromatic N) is 2. The Hall–Kier alpha value is -2.78. The van der Waals surface area contributed by atoms with Gasteiger partial charge in [0, 0.05) is 23.1 Å². The predicted octanol–water partition coefficient (Wildman–Crippen LogP) is 4.89. The van der Waals surface area contributed by atoms with E-state index in [1.54, 1.807) is 4.90 Å². The van der Waals surface area contributed by atoms with Crippen LogP contribution in [0, 0.1) is 11.3 Å². The lowest BCUT2D eigenvalue weighted by atomic mass is 10.2. The highest BCUT2D eigenvalue weighted by Gasteiger charge is 2.23. The topological polar surface area (TPSA) is 69.1 Å². The molecule has 5 nitrogen and oxygen atoms in total. The first-order valence-corrected chi connectivity index (χ1v) is 9.13. The number of halogens is 1. The molecule has 0 saturated carbocycles. The smallest absolute Gasteiger partial charge is 0.275 e. The van der Waals surface area contributed by atoms with Gasteiger partial charge in [-0.25, -0.2) is 0 Å². The van der Waals surface area contributed by atoms with Crippen molar-refractivity contribution < 1.29 is 9.53 Å². The quantitative estimate of drug-likeness (QED) is 0.627. The maximum atomic E-state index is 13.2. The third-order valence-corrected chi connectivity index (χ3v) is 4.83. The Balaban J connectivity index is 1.97. The van der Waals surface area contributed by atoms with Crippen LogP contribution in [0.1, 0.15) is 23.8 Å². The lowest BCUT2D eigenvalue weighted by Gasteiger charge is -2.21. The molecular formula is C20H18BrN3O2. The van der Waals surface area contributed by atoms with Gasteiger partial charge < -0.3 is 14.6 Å². The molecule has 0 unspecified atom stereocenters. The number of anilines is 1. The molecule has 3 rings (SSSR count). The van der Waals surface area contributed by atoms with Gasteiger partial charge in [-0.15, -0.1) is 0 Å². The van der Waals surface area contributed by atoms with Gasteiger partial charge in [0.05, 0.1) is 23.6 Å². The SMILES string of the molecule is CCOc1ccc(N(CCC#N)C(=O)c2[nH]c3ccccc3c2Br)cc1. The van der Waals surface area contributed by atoms with E-state index in [1.165, 1.54) is 0 Å². The molecule has 1 N–H and O–H groups in total. The molecule has 0 radical (unpaired) electrons. The fraction of sp³-hybridized carbons (Fsp3) is 0.200. The normalized spacial score (nSPS) is 10.5. The molecule has 0 spiro atoms. The molecule has 0 aliphatic heterocycles. The van der Waals surface area contributed by atoms with E-state index in [4.69, 9.17) is 10.00 Å². The number of hydrogen-bond acceptors (Lipinski definition) is 3. The number of para-hydroxylation sites is 1. The van der Waals surface area contributed by atoms with Gasteiger partial charge in [0.15, 0.2) is 0 Å². The molecule has 132 valence electrons.